The second-order valence-corrected chi connectivity index (χ2v) is 6.81. The van der Waals surface area contributed by atoms with Crippen molar-refractivity contribution in [2.24, 2.45) is 5.73 Å². The summed E-state index contributed by atoms with van der Waals surface area (Å²) in [6.07, 6.45) is 7.83. The normalized spacial score (nSPS) is 11.2. The Balaban J connectivity index is 0.000000152. The second-order valence-electron chi connectivity index (χ2n) is 6.81. The fraction of sp³-hybridized carbons (Fsp3) is 0.300. The van der Waals surface area contributed by atoms with Gasteiger partial charge in [-0.2, -0.15) is 0 Å². The van der Waals surface area contributed by atoms with Gasteiger partial charge in [-0.25, -0.2) is 9.97 Å². The zero-order valence-corrected chi connectivity index (χ0v) is 15.8. The van der Waals surface area contributed by atoms with Crippen LogP contribution < -0.4 is 5.73 Å². The van der Waals surface area contributed by atoms with E-state index in [1.54, 1.807) is 0 Å². The lowest BCUT2D eigenvalue weighted by atomic mass is 10.3. The molecule has 0 aliphatic heterocycles. The van der Waals surface area contributed by atoms with Crippen molar-refractivity contribution >= 4 is 11.3 Å². The molecule has 26 heavy (non-hydrogen) atoms. The summed E-state index contributed by atoms with van der Waals surface area (Å²) in [4.78, 5) is 10.7. The molecule has 6 nitrogen and oxygen atoms in total. The minimum Gasteiger partial charge on any atom is -0.325 e. The number of hydrogen-bond donors (Lipinski definition) is 1. The summed E-state index contributed by atoms with van der Waals surface area (Å²) in [6, 6.07) is 8.29. The molecule has 0 aromatic carbocycles. The van der Waals surface area contributed by atoms with Gasteiger partial charge in [0.2, 0.25) is 0 Å². The summed E-state index contributed by atoms with van der Waals surface area (Å²) in [5.74, 6) is 0. The molecule has 2 N–H and O–H groups in total. The molecule has 0 radical (unpaired) electrons. The van der Waals surface area contributed by atoms with Gasteiger partial charge in [-0.1, -0.05) is 0 Å². The van der Waals surface area contributed by atoms with Gasteiger partial charge in [-0.15, -0.1) is 0 Å². The Kier molecular flexibility index (Phi) is 5.35. The van der Waals surface area contributed by atoms with Gasteiger partial charge < -0.3 is 19.4 Å². The molecule has 0 fully saturated rings. The SMILES string of the molecule is Cc1ccn2c(CN(C)C)cnc2c1.Cc1ccn2c(CN)cnc2c1. The van der Waals surface area contributed by atoms with E-state index in [1.807, 2.05) is 35.1 Å². The summed E-state index contributed by atoms with van der Waals surface area (Å²) < 4.78 is 4.14. The van der Waals surface area contributed by atoms with Crippen molar-refractivity contribution < 1.29 is 0 Å². The van der Waals surface area contributed by atoms with Crippen LogP contribution in [-0.4, -0.2) is 37.8 Å². The van der Waals surface area contributed by atoms with Crippen LogP contribution in [0, 0.1) is 13.8 Å². The second kappa shape index (κ2) is 7.68. The number of fused-ring (bicyclic) bond motifs is 2. The lowest BCUT2D eigenvalue weighted by molar-refractivity contribution is 0.395. The third-order valence-corrected chi connectivity index (χ3v) is 4.18. The molecule has 0 atom stereocenters. The van der Waals surface area contributed by atoms with E-state index in [2.05, 4.69) is 65.5 Å². The number of imidazole rings is 2. The van der Waals surface area contributed by atoms with Crippen molar-refractivity contribution in [2.75, 3.05) is 14.1 Å². The van der Waals surface area contributed by atoms with E-state index in [0.717, 1.165) is 23.5 Å². The Morgan fingerprint density at radius 1 is 0.885 bits per heavy atom. The average Bonchev–Trinajstić information content (AvgIpc) is 3.18. The molecule has 4 heterocycles. The fourth-order valence-corrected chi connectivity index (χ4v) is 2.86. The molecule has 0 saturated heterocycles. The molecule has 0 saturated carbocycles. The van der Waals surface area contributed by atoms with Crippen LogP contribution in [0.25, 0.3) is 11.3 Å². The van der Waals surface area contributed by atoms with E-state index in [0.29, 0.717) is 6.54 Å². The Morgan fingerprint density at radius 2 is 1.38 bits per heavy atom. The number of nitrogens with two attached hydrogens (primary N) is 1. The summed E-state index contributed by atoms with van der Waals surface area (Å²) in [5, 5.41) is 0. The van der Waals surface area contributed by atoms with Crippen LogP contribution in [0.2, 0.25) is 0 Å². The van der Waals surface area contributed by atoms with Crippen molar-refractivity contribution in [3.63, 3.8) is 0 Å². The van der Waals surface area contributed by atoms with Crippen LogP contribution in [0.5, 0.6) is 0 Å². The zero-order chi connectivity index (χ0) is 18.7. The average molecular weight is 350 g/mol. The highest BCUT2D eigenvalue weighted by molar-refractivity contribution is 5.43. The van der Waals surface area contributed by atoms with Gasteiger partial charge >= 0.3 is 0 Å². The lowest BCUT2D eigenvalue weighted by Crippen LogP contribution is -2.12. The van der Waals surface area contributed by atoms with Gasteiger partial charge in [0.25, 0.3) is 0 Å². The number of pyridine rings is 2. The standard InChI is InChI=1S/C11H15N3.C9H11N3/c1-9-4-5-14-10(8-13(2)3)7-12-11(14)6-9;1-7-2-3-12-8(5-10)6-11-9(12)4-7/h4-7H,8H2,1-3H3;2-4,6H,5,10H2,1H3. The van der Waals surface area contributed by atoms with E-state index >= 15 is 0 Å². The Morgan fingerprint density at radius 3 is 1.88 bits per heavy atom. The summed E-state index contributed by atoms with van der Waals surface area (Å²) in [5.41, 5.74) is 12.3. The molecule has 0 unspecified atom stereocenters. The summed E-state index contributed by atoms with van der Waals surface area (Å²) in [6.45, 7) is 5.59. The van der Waals surface area contributed by atoms with Crippen molar-refractivity contribution in [1.82, 2.24) is 23.7 Å². The topological polar surface area (TPSA) is 63.9 Å². The highest BCUT2D eigenvalue weighted by Gasteiger charge is 2.03. The molecule has 0 spiro atoms. The number of rotatable bonds is 3. The highest BCUT2D eigenvalue weighted by atomic mass is 15.1. The Labute approximate surface area is 153 Å². The van der Waals surface area contributed by atoms with Crippen molar-refractivity contribution in [1.29, 1.82) is 0 Å². The maximum absolute atomic E-state index is 5.54. The van der Waals surface area contributed by atoms with Gasteiger partial charge in [-0.05, 0) is 63.3 Å². The molecule has 4 aromatic heterocycles. The largest absolute Gasteiger partial charge is 0.325 e. The third kappa shape index (κ3) is 3.92. The maximum atomic E-state index is 5.54. The fourth-order valence-electron chi connectivity index (χ4n) is 2.86. The van der Waals surface area contributed by atoms with Gasteiger partial charge in [0.1, 0.15) is 11.3 Å². The molecule has 0 aliphatic carbocycles. The molecular formula is C20H26N6. The predicted molar refractivity (Wildman–Crippen MR) is 105 cm³/mol. The minimum absolute atomic E-state index is 0.532. The molecule has 0 bridgehead atoms. The van der Waals surface area contributed by atoms with Crippen LogP contribution in [0.1, 0.15) is 22.5 Å². The zero-order valence-electron chi connectivity index (χ0n) is 15.8. The first-order valence-electron chi connectivity index (χ1n) is 8.68. The molecule has 0 amide bonds. The third-order valence-electron chi connectivity index (χ3n) is 4.18. The molecular weight excluding hydrogens is 324 g/mol. The predicted octanol–water partition coefficient (Wildman–Crippen LogP) is 2.81. The van der Waals surface area contributed by atoms with E-state index in [4.69, 9.17) is 5.73 Å². The molecule has 6 heteroatoms. The van der Waals surface area contributed by atoms with Crippen molar-refractivity contribution in [3.05, 3.63) is 71.6 Å². The highest BCUT2D eigenvalue weighted by Crippen LogP contribution is 2.10. The van der Waals surface area contributed by atoms with Crippen LogP contribution in [0.3, 0.4) is 0 Å². The minimum atomic E-state index is 0.532. The van der Waals surface area contributed by atoms with E-state index in [9.17, 15) is 0 Å². The Bertz CT molecular complexity index is 1010. The smallest absolute Gasteiger partial charge is 0.137 e. The van der Waals surface area contributed by atoms with Crippen molar-refractivity contribution in [3.8, 4) is 0 Å². The number of aryl methyl sites for hydroxylation is 2. The first kappa shape index (κ1) is 18.1. The van der Waals surface area contributed by atoms with Crippen LogP contribution in [0.15, 0.2) is 49.1 Å². The van der Waals surface area contributed by atoms with E-state index in [-0.39, 0.29) is 0 Å². The Hall–Kier alpha value is -2.70. The van der Waals surface area contributed by atoms with Crippen LogP contribution >= 0.6 is 0 Å². The van der Waals surface area contributed by atoms with Crippen LogP contribution in [-0.2, 0) is 13.1 Å². The summed E-state index contributed by atoms with van der Waals surface area (Å²) in [7, 11) is 4.13. The van der Waals surface area contributed by atoms with Crippen LogP contribution in [0.4, 0.5) is 0 Å². The number of nitrogens with zero attached hydrogens (tertiary/aromatic N) is 5. The monoisotopic (exact) mass is 350 g/mol. The van der Waals surface area contributed by atoms with Gasteiger partial charge in [0.15, 0.2) is 0 Å². The lowest BCUT2D eigenvalue weighted by Gasteiger charge is -2.08. The quantitative estimate of drug-likeness (QED) is 0.617. The molecule has 4 rings (SSSR count). The van der Waals surface area contributed by atoms with Gasteiger partial charge in [0.05, 0.1) is 23.8 Å². The van der Waals surface area contributed by atoms with Crippen molar-refractivity contribution in [2.45, 2.75) is 26.9 Å². The van der Waals surface area contributed by atoms with E-state index in [1.165, 1.54) is 16.8 Å². The molecule has 0 aliphatic rings. The number of hydrogen-bond acceptors (Lipinski definition) is 4. The molecule has 136 valence electrons. The van der Waals surface area contributed by atoms with E-state index < -0.39 is 0 Å². The maximum Gasteiger partial charge on any atom is 0.137 e. The van der Waals surface area contributed by atoms with Gasteiger partial charge in [-0.3, -0.25) is 0 Å². The molecule has 4 aromatic rings. The first-order valence-corrected chi connectivity index (χ1v) is 8.68. The number of aromatic nitrogens is 4. The summed E-state index contributed by atoms with van der Waals surface area (Å²) >= 11 is 0. The first-order chi connectivity index (χ1) is 12.5. The van der Waals surface area contributed by atoms with Gasteiger partial charge in [0, 0.05) is 25.5 Å².